The van der Waals surface area contributed by atoms with E-state index in [0.717, 1.165) is 11.4 Å². The van der Waals surface area contributed by atoms with Crippen molar-refractivity contribution >= 4 is 11.4 Å². The molecule has 1 atom stereocenters. The Balaban J connectivity index is 2.30. The van der Waals surface area contributed by atoms with Gasteiger partial charge in [0.1, 0.15) is 0 Å². The molecule has 1 heterocycles. The Hall–Kier alpha value is -1.87. The van der Waals surface area contributed by atoms with Gasteiger partial charge in [-0.2, -0.15) is 0 Å². The van der Waals surface area contributed by atoms with E-state index in [2.05, 4.69) is 41.9 Å². The van der Waals surface area contributed by atoms with Gasteiger partial charge in [-0.15, -0.1) is 0 Å². The zero-order chi connectivity index (χ0) is 14.0. The molecule has 1 aromatic heterocycles. The van der Waals surface area contributed by atoms with Crippen molar-refractivity contribution in [3.05, 3.63) is 53.3 Å². The van der Waals surface area contributed by atoms with Crippen LogP contribution in [0.15, 0.2) is 36.5 Å². The Bertz CT molecular complexity index is 541. The molecule has 19 heavy (non-hydrogen) atoms. The molecule has 0 aliphatic carbocycles. The fourth-order valence-electron chi connectivity index (χ4n) is 2.14. The standard InChI is InChI=1S/C16H20N2O/c1-11-7-12(2)9-15(8-11)18(4)14-5-6-16(13(3)19)17-10-14/h5-10,13,19H,1-4H3/t13-/m0/s1. The lowest BCUT2D eigenvalue weighted by atomic mass is 10.1. The second kappa shape index (κ2) is 5.41. The molecule has 2 rings (SSSR count). The van der Waals surface area contributed by atoms with Crippen molar-refractivity contribution in [3.63, 3.8) is 0 Å². The van der Waals surface area contributed by atoms with Crippen molar-refractivity contribution in [3.8, 4) is 0 Å². The fraction of sp³-hybridized carbons (Fsp3) is 0.312. The number of hydrogen-bond donors (Lipinski definition) is 1. The zero-order valence-electron chi connectivity index (χ0n) is 11.9. The first-order valence-electron chi connectivity index (χ1n) is 6.43. The molecule has 0 radical (unpaired) electrons. The Morgan fingerprint density at radius 3 is 2.16 bits per heavy atom. The molecule has 2 aromatic rings. The molecule has 0 saturated carbocycles. The van der Waals surface area contributed by atoms with Gasteiger partial charge in [0, 0.05) is 12.7 Å². The van der Waals surface area contributed by atoms with Gasteiger partial charge in [-0.1, -0.05) is 6.07 Å². The van der Waals surface area contributed by atoms with Crippen LogP contribution in [0.2, 0.25) is 0 Å². The normalized spacial score (nSPS) is 12.3. The van der Waals surface area contributed by atoms with Crippen LogP contribution in [-0.2, 0) is 0 Å². The molecule has 100 valence electrons. The fourth-order valence-corrected chi connectivity index (χ4v) is 2.14. The number of pyridine rings is 1. The predicted octanol–water partition coefficient (Wildman–Crippen LogP) is 3.52. The van der Waals surface area contributed by atoms with Crippen molar-refractivity contribution in [2.75, 3.05) is 11.9 Å². The van der Waals surface area contributed by atoms with E-state index in [1.807, 2.05) is 19.2 Å². The molecule has 3 heteroatoms. The number of nitrogens with zero attached hydrogens (tertiary/aromatic N) is 2. The molecule has 0 unspecified atom stereocenters. The molecule has 0 aliphatic rings. The number of hydrogen-bond acceptors (Lipinski definition) is 3. The van der Waals surface area contributed by atoms with Crippen LogP contribution in [0.3, 0.4) is 0 Å². The van der Waals surface area contributed by atoms with Crippen LogP contribution in [-0.4, -0.2) is 17.1 Å². The number of anilines is 2. The van der Waals surface area contributed by atoms with Crippen LogP contribution in [0.5, 0.6) is 0 Å². The van der Waals surface area contributed by atoms with Gasteiger partial charge in [-0.25, -0.2) is 0 Å². The molecule has 0 bridgehead atoms. The summed E-state index contributed by atoms with van der Waals surface area (Å²) < 4.78 is 0. The highest BCUT2D eigenvalue weighted by Gasteiger charge is 2.07. The van der Waals surface area contributed by atoms with Crippen LogP contribution in [0.1, 0.15) is 29.8 Å². The van der Waals surface area contributed by atoms with Crippen molar-refractivity contribution < 1.29 is 5.11 Å². The van der Waals surface area contributed by atoms with Gasteiger partial charge in [-0.05, 0) is 56.2 Å². The lowest BCUT2D eigenvalue weighted by Crippen LogP contribution is -2.10. The first-order chi connectivity index (χ1) is 8.97. The SMILES string of the molecule is Cc1cc(C)cc(N(C)c2ccc([C@H](C)O)nc2)c1. The molecule has 3 nitrogen and oxygen atoms in total. The molecule has 0 fully saturated rings. The Morgan fingerprint density at radius 2 is 1.68 bits per heavy atom. The number of aromatic nitrogens is 1. The Labute approximate surface area is 114 Å². The number of rotatable bonds is 3. The minimum absolute atomic E-state index is 0.527. The summed E-state index contributed by atoms with van der Waals surface area (Å²) in [4.78, 5) is 6.37. The van der Waals surface area contributed by atoms with Gasteiger partial charge in [0.2, 0.25) is 0 Å². The molecule has 1 aromatic carbocycles. The van der Waals surface area contributed by atoms with Gasteiger partial charge < -0.3 is 10.0 Å². The second-order valence-electron chi connectivity index (χ2n) is 5.02. The largest absolute Gasteiger partial charge is 0.387 e. The average molecular weight is 256 g/mol. The third-order valence-electron chi connectivity index (χ3n) is 3.18. The molecular weight excluding hydrogens is 236 g/mol. The smallest absolute Gasteiger partial charge is 0.0931 e. The van der Waals surface area contributed by atoms with Crippen LogP contribution in [0, 0.1) is 13.8 Å². The minimum atomic E-state index is -0.527. The van der Waals surface area contributed by atoms with Crippen LogP contribution in [0.4, 0.5) is 11.4 Å². The highest BCUT2D eigenvalue weighted by molar-refractivity contribution is 5.63. The number of aryl methyl sites for hydroxylation is 2. The van der Waals surface area contributed by atoms with E-state index in [1.54, 1.807) is 13.1 Å². The third-order valence-corrected chi connectivity index (χ3v) is 3.18. The number of aliphatic hydroxyl groups is 1. The summed E-state index contributed by atoms with van der Waals surface area (Å²) in [5.74, 6) is 0. The van der Waals surface area contributed by atoms with E-state index >= 15 is 0 Å². The summed E-state index contributed by atoms with van der Waals surface area (Å²) in [6.45, 7) is 5.91. The molecule has 1 N–H and O–H groups in total. The summed E-state index contributed by atoms with van der Waals surface area (Å²) in [5, 5.41) is 9.47. The van der Waals surface area contributed by atoms with E-state index in [0.29, 0.717) is 5.69 Å². The van der Waals surface area contributed by atoms with Crippen molar-refractivity contribution in [2.45, 2.75) is 26.9 Å². The molecular formula is C16H20N2O. The topological polar surface area (TPSA) is 36.4 Å². The predicted molar refractivity (Wildman–Crippen MR) is 78.8 cm³/mol. The van der Waals surface area contributed by atoms with Crippen molar-refractivity contribution in [2.24, 2.45) is 0 Å². The monoisotopic (exact) mass is 256 g/mol. The summed E-state index contributed by atoms with van der Waals surface area (Å²) >= 11 is 0. The summed E-state index contributed by atoms with van der Waals surface area (Å²) in [6, 6.07) is 10.3. The van der Waals surface area contributed by atoms with E-state index in [4.69, 9.17) is 0 Å². The van der Waals surface area contributed by atoms with Gasteiger partial charge in [-0.3, -0.25) is 4.98 Å². The van der Waals surface area contributed by atoms with Gasteiger partial charge in [0.15, 0.2) is 0 Å². The molecule has 0 saturated heterocycles. The zero-order valence-corrected chi connectivity index (χ0v) is 11.9. The molecule has 0 amide bonds. The van der Waals surface area contributed by atoms with Crippen LogP contribution >= 0.6 is 0 Å². The Kier molecular flexibility index (Phi) is 3.86. The van der Waals surface area contributed by atoms with E-state index < -0.39 is 6.10 Å². The summed E-state index contributed by atoms with van der Waals surface area (Å²) in [5.41, 5.74) is 5.34. The van der Waals surface area contributed by atoms with Crippen molar-refractivity contribution in [1.82, 2.24) is 4.98 Å². The molecule has 0 aliphatic heterocycles. The minimum Gasteiger partial charge on any atom is -0.387 e. The quantitative estimate of drug-likeness (QED) is 0.912. The number of benzene rings is 1. The lowest BCUT2D eigenvalue weighted by Gasteiger charge is -2.20. The first-order valence-corrected chi connectivity index (χ1v) is 6.43. The van der Waals surface area contributed by atoms with Crippen LogP contribution < -0.4 is 4.90 Å². The highest BCUT2D eigenvalue weighted by atomic mass is 16.3. The van der Waals surface area contributed by atoms with Crippen molar-refractivity contribution in [1.29, 1.82) is 0 Å². The van der Waals surface area contributed by atoms with E-state index in [9.17, 15) is 5.11 Å². The maximum absolute atomic E-state index is 9.47. The highest BCUT2D eigenvalue weighted by Crippen LogP contribution is 2.25. The van der Waals surface area contributed by atoms with Gasteiger partial charge >= 0.3 is 0 Å². The summed E-state index contributed by atoms with van der Waals surface area (Å²) in [7, 11) is 2.02. The maximum Gasteiger partial charge on any atom is 0.0931 e. The average Bonchev–Trinajstić information content (AvgIpc) is 2.37. The van der Waals surface area contributed by atoms with Gasteiger partial charge in [0.25, 0.3) is 0 Å². The Morgan fingerprint density at radius 1 is 1.05 bits per heavy atom. The second-order valence-corrected chi connectivity index (χ2v) is 5.02. The van der Waals surface area contributed by atoms with E-state index in [-0.39, 0.29) is 0 Å². The first kappa shape index (κ1) is 13.6. The van der Waals surface area contributed by atoms with Crippen LogP contribution in [0.25, 0.3) is 0 Å². The third kappa shape index (κ3) is 3.12. The summed E-state index contributed by atoms with van der Waals surface area (Å²) in [6.07, 6.45) is 1.26. The van der Waals surface area contributed by atoms with E-state index in [1.165, 1.54) is 11.1 Å². The molecule has 0 spiro atoms. The lowest BCUT2D eigenvalue weighted by molar-refractivity contribution is 0.194. The maximum atomic E-state index is 9.47. The van der Waals surface area contributed by atoms with Gasteiger partial charge in [0.05, 0.1) is 23.7 Å². The number of aliphatic hydroxyl groups excluding tert-OH is 1.